The third kappa shape index (κ3) is 2.55. The molecule has 6 nitrogen and oxygen atoms in total. The van der Waals surface area contributed by atoms with Crippen LogP contribution in [-0.4, -0.2) is 15.1 Å². The van der Waals surface area contributed by atoms with Crippen LogP contribution in [0.5, 0.6) is 0 Å². The SMILES string of the molecule is Cc1ccc(CNc2cccc3[nH]ncc23)cc1[N+](=O)[O-]. The number of nitro benzene ring substituents is 1. The normalized spacial score (nSPS) is 10.7. The van der Waals surface area contributed by atoms with Crippen LogP contribution in [0.2, 0.25) is 0 Å². The zero-order valence-corrected chi connectivity index (χ0v) is 11.5. The molecule has 1 heterocycles. The second kappa shape index (κ2) is 5.24. The van der Waals surface area contributed by atoms with E-state index < -0.39 is 0 Å². The van der Waals surface area contributed by atoms with Gasteiger partial charge in [0.05, 0.1) is 16.6 Å². The molecule has 0 saturated carbocycles. The predicted octanol–water partition coefficient (Wildman–Crippen LogP) is 3.39. The molecule has 0 aliphatic heterocycles. The highest BCUT2D eigenvalue weighted by atomic mass is 16.6. The van der Waals surface area contributed by atoms with E-state index in [-0.39, 0.29) is 10.6 Å². The summed E-state index contributed by atoms with van der Waals surface area (Å²) in [6.07, 6.45) is 1.76. The third-order valence-electron chi connectivity index (χ3n) is 3.44. The summed E-state index contributed by atoms with van der Waals surface area (Å²) in [6.45, 7) is 2.26. The van der Waals surface area contributed by atoms with Crippen molar-refractivity contribution in [2.45, 2.75) is 13.5 Å². The van der Waals surface area contributed by atoms with Gasteiger partial charge >= 0.3 is 0 Å². The van der Waals surface area contributed by atoms with Gasteiger partial charge in [-0.15, -0.1) is 0 Å². The minimum atomic E-state index is -0.352. The minimum Gasteiger partial charge on any atom is -0.380 e. The number of nitrogens with one attached hydrogen (secondary N) is 2. The van der Waals surface area contributed by atoms with Gasteiger partial charge < -0.3 is 5.32 Å². The topological polar surface area (TPSA) is 83.8 Å². The highest BCUT2D eigenvalue weighted by Crippen LogP contribution is 2.23. The van der Waals surface area contributed by atoms with Crippen LogP contribution in [0.25, 0.3) is 10.9 Å². The maximum atomic E-state index is 11.0. The molecule has 2 N–H and O–H groups in total. The quantitative estimate of drug-likeness (QED) is 0.567. The molecule has 0 spiro atoms. The lowest BCUT2D eigenvalue weighted by Crippen LogP contribution is -2.01. The fourth-order valence-corrected chi connectivity index (χ4v) is 2.28. The van der Waals surface area contributed by atoms with Crippen molar-refractivity contribution >= 4 is 22.3 Å². The van der Waals surface area contributed by atoms with Crippen molar-refractivity contribution in [3.8, 4) is 0 Å². The third-order valence-corrected chi connectivity index (χ3v) is 3.44. The molecule has 6 heteroatoms. The van der Waals surface area contributed by atoms with Crippen LogP contribution in [0.4, 0.5) is 11.4 Å². The summed E-state index contributed by atoms with van der Waals surface area (Å²) in [5.41, 5.74) is 3.59. The molecule has 3 aromatic rings. The molecule has 0 atom stereocenters. The van der Waals surface area contributed by atoms with Gasteiger partial charge in [-0.25, -0.2) is 0 Å². The molecule has 0 amide bonds. The lowest BCUT2D eigenvalue weighted by atomic mass is 10.1. The van der Waals surface area contributed by atoms with Crippen molar-refractivity contribution in [2.24, 2.45) is 0 Å². The number of benzene rings is 2. The highest BCUT2D eigenvalue weighted by Gasteiger charge is 2.11. The first-order valence-corrected chi connectivity index (χ1v) is 6.55. The average molecular weight is 282 g/mol. The molecule has 106 valence electrons. The Hall–Kier alpha value is -2.89. The average Bonchev–Trinajstić information content (AvgIpc) is 2.95. The molecule has 0 radical (unpaired) electrons. The molecule has 21 heavy (non-hydrogen) atoms. The zero-order chi connectivity index (χ0) is 14.8. The second-order valence-electron chi connectivity index (χ2n) is 4.87. The monoisotopic (exact) mass is 282 g/mol. The van der Waals surface area contributed by atoms with Crippen LogP contribution in [-0.2, 0) is 6.54 Å². The second-order valence-corrected chi connectivity index (χ2v) is 4.87. The van der Waals surface area contributed by atoms with E-state index in [1.807, 2.05) is 24.3 Å². The Kier molecular flexibility index (Phi) is 3.27. The summed E-state index contributed by atoms with van der Waals surface area (Å²) in [5, 5.41) is 22.2. The summed E-state index contributed by atoms with van der Waals surface area (Å²) < 4.78 is 0. The number of aromatic nitrogens is 2. The van der Waals surface area contributed by atoms with Gasteiger partial charge in [-0.3, -0.25) is 15.2 Å². The lowest BCUT2D eigenvalue weighted by molar-refractivity contribution is -0.385. The molecule has 0 aliphatic rings. The van der Waals surface area contributed by atoms with Gasteiger partial charge in [-0.2, -0.15) is 5.10 Å². The summed E-state index contributed by atoms with van der Waals surface area (Å²) in [6, 6.07) is 11.1. The molecule has 3 rings (SSSR count). The molecule has 0 saturated heterocycles. The van der Waals surface area contributed by atoms with Gasteiger partial charge in [0.15, 0.2) is 0 Å². The number of hydrogen-bond acceptors (Lipinski definition) is 4. The number of aromatic amines is 1. The number of hydrogen-bond donors (Lipinski definition) is 2. The molecular formula is C15H14N4O2. The maximum Gasteiger partial charge on any atom is 0.272 e. The smallest absolute Gasteiger partial charge is 0.272 e. The van der Waals surface area contributed by atoms with Gasteiger partial charge in [0.1, 0.15) is 0 Å². The van der Waals surface area contributed by atoms with Gasteiger partial charge in [0.25, 0.3) is 5.69 Å². The van der Waals surface area contributed by atoms with E-state index in [1.54, 1.807) is 25.3 Å². The Balaban J connectivity index is 1.83. The van der Waals surface area contributed by atoms with Crippen LogP contribution >= 0.6 is 0 Å². The summed E-state index contributed by atoms with van der Waals surface area (Å²) in [5.74, 6) is 0. The van der Waals surface area contributed by atoms with Crippen LogP contribution < -0.4 is 5.32 Å². The van der Waals surface area contributed by atoms with Gasteiger partial charge in [-0.1, -0.05) is 18.2 Å². The number of rotatable bonds is 4. The van der Waals surface area contributed by atoms with Crippen LogP contribution in [0.1, 0.15) is 11.1 Å². The number of anilines is 1. The fourth-order valence-electron chi connectivity index (χ4n) is 2.28. The van der Waals surface area contributed by atoms with E-state index in [1.165, 1.54) is 0 Å². The first kappa shape index (κ1) is 13.1. The Labute approximate surface area is 121 Å². The van der Waals surface area contributed by atoms with Crippen molar-refractivity contribution in [3.05, 3.63) is 63.8 Å². The van der Waals surface area contributed by atoms with Crippen molar-refractivity contribution in [3.63, 3.8) is 0 Å². The number of nitro groups is 1. The largest absolute Gasteiger partial charge is 0.380 e. The van der Waals surface area contributed by atoms with Crippen LogP contribution in [0, 0.1) is 17.0 Å². The molecule has 0 fully saturated rings. The number of H-pyrrole nitrogens is 1. The standard InChI is InChI=1S/C15H14N4O2/c1-10-5-6-11(7-15(10)19(20)21)8-16-13-3-2-4-14-12(13)9-17-18-14/h2-7,9,16H,8H2,1H3,(H,17,18). The van der Waals surface area contributed by atoms with Crippen molar-refractivity contribution in [2.75, 3.05) is 5.32 Å². The van der Waals surface area contributed by atoms with Crippen molar-refractivity contribution < 1.29 is 4.92 Å². The Bertz CT molecular complexity index is 810. The van der Waals surface area contributed by atoms with Crippen molar-refractivity contribution in [1.29, 1.82) is 0 Å². The zero-order valence-electron chi connectivity index (χ0n) is 11.5. The Morgan fingerprint density at radius 3 is 3.00 bits per heavy atom. The van der Waals surface area contributed by atoms with E-state index >= 15 is 0 Å². The van der Waals surface area contributed by atoms with Crippen LogP contribution in [0.3, 0.4) is 0 Å². The van der Waals surface area contributed by atoms with E-state index in [2.05, 4.69) is 15.5 Å². The maximum absolute atomic E-state index is 11.0. The summed E-state index contributed by atoms with van der Waals surface area (Å²) in [7, 11) is 0. The molecule has 0 bridgehead atoms. The molecule has 0 aliphatic carbocycles. The fraction of sp³-hybridized carbons (Fsp3) is 0.133. The van der Waals surface area contributed by atoms with Gasteiger partial charge in [0, 0.05) is 29.2 Å². The van der Waals surface area contributed by atoms with E-state index in [0.717, 1.165) is 22.2 Å². The number of nitrogens with zero attached hydrogens (tertiary/aromatic N) is 2. The Morgan fingerprint density at radius 2 is 2.19 bits per heavy atom. The molecule has 1 aromatic heterocycles. The number of fused-ring (bicyclic) bond motifs is 1. The van der Waals surface area contributed by atoms with E-state index in [0.29, 0.717) is 12.1 Å². The first-order valence-electron chi connectivity index (χ1n) is 6.55. The molecular weight excluding hydrogens is 268 g/mol. The first-order chi connectivity index (χ1) is 10.1. The molecule has 2 aromatic carbocycles. The molecule has 0 unspecified atom stereocenters. The van der Waals surface area contributed by atoms with Gasteiger partial charge in [0.2, 0.25) is 0 Å². The highest BCUT2D eigenvalue weighted by molar-refractivity contribution is 5.90. The van der Waals surface area contributed by atoms with Crippen molar-refractivity contribution in [1.82, 2.24) is 10.2 Å². The Morgan fingerprint density at radius 1 is 1.33 bits per heavy atom. The van der Waals surface area contributed by atoms with E-state index in [4.69, 9.17) is 0 Å². The lowest BCUT2D eigenvalue weighted by Gasteiger charge is -2.08. The summed E-state index contributed by atoms with van der Waals surface area (Å²) >= 11 is 0. The van der Waals surface area contributed by atoms with E-state index in [9.17, 15) is 10.1 Å². The summed E-state index contributed by atoms with van der Waals surface area (Å²) in [4.78, 5) is 10.6. The minimum absolute atomic E-state index is 0.149. The van der Waals surface area contributed by atoms with Crippen LogP contribution in [0.15, 0.2) is 42.6 Å². The van der Waals surface area contributed by atoms with Gasteiger partial charge in [-0.05, 0) is 24.6 Å². The predicted molar refractivity (Wildman–Crippen MR) is 81.3 cm³/mol. The number of aryl methyl sites for hydroxylation is 1.